The minimum absolute atomic E-state index is 0.0262. The van der Waals surface area contributed by atoms with Gasteiger partial charge in [-0.25, -0.2) is 19.6 Å². The van der Waals surface area contributed by atoms with E-state index in [0.717, 1.165) is 84.3 Å². The number of methoxy groups -OCH3 is 3. The molecule has 5 aromatic rings. The third kappa shape index (κ3) is 10.8. The van der Waals surface area contributed by atoms with Gasteiger partial charge in [-0.3, -0.25) is 9.59 Å². The van der Waals surface area contributed by atoms with Gasteiger partial charge in [0.1, 0.15) is 17.7 Å². The molecule has 0 radical (unpaired) electrons. The number of likely N-dealkylation sites (tertiary alicyclic amines) is 2. The van der Waals surface area contributed by atoms with Crippen molar-refractivity contribution in [3.63, 3.8) is 0 Å². The van der Waals surface area contributed by atoms with Crippen molar-refractivity contribution in [2.45, 2.75) is 129 Å². The van der Waals surface area contributed by atoms with Crippen molar-refractivity contribution in [1.29, 1.82) is 0 Å². The van der Waals surface area contributed by atoms with E-state index in [1.807, 2.05) is 36.8 Å². The summed E-state index contributed by atoms with van der Waals surface area (Å²) < 4.78 is 19.9. The number of nitrogens with zero attached hydrogens (tertiary/aromatic N) is 4. The van der Waals surface area contributed by atoms with E-state index in [9.17, 15) is 19.2 Å². The van der Waals surface area contributed by atoms with E-state index in [-0.39, 0.29) is 35.9 Å². The lowest BCUT2D eigenvalue weighted by atomic mass is 9.91. The Kier molecular flexibility index (Phi) is 16.4. The molecule has 4 N–H and O–H groups in total. The van der Waals surface area contributed by atoms with Crippen LogP contribution in [0.3, 0.4) is 0 Å². The highest BCUT2D eigenvalue weighted by Crippen LogP contribution is 2.47. The van der Waals surface area contributed by atoms with E-state index in [1.54, 1.807) is 7.11 Å². The van der Waals surface area contributed by atoms with Gasteiger partial charge < -0.3 is 49.3 Å². The molecule has 2 aromatic heterocycles. The van der Waals surface area contributed by atoms with Gasteiger partial charge in [-0.2, -0.15) is 0 Å². The minimum atomic E-state index is -0.728. The van der Waals surface area contributed by atoms with Crippen LogP contribution in [0.2, 0.25) is 0 Å². The molecule has 376 valence electrons. The summed E-state index contributed by atoms with van der Waals surface area (Å²) >= 11 is 0. The Morgan fingerprint density at radius 3 is 2.34 bits per heavy atom. The second-order valence-electron chi connectivity index (χ2n) is 19.9. The second kappa shape index (κ2) is 22.8. The Morgan fingerprint density at radius 2 is 1.67 bits per heavy atom. The van der Waals surface area contributed by atoms with Crippen molar-refractivity contribution >= 4 is 46.3 Å². The Labute approximate surface area is 411 Å². The Bertz CT molecular complexity index is 2620. The van der Waals surface area contributed by atoms with Crippen LogP contribution >= 0.6 is 0 Å². The first-order valence-corrected chi connectivity index (χ1v) is 25.4. The number of hydrogen-bond acceptors (Lipinski definition) is 10. The average Bonchev–Trinajstić information content (AvgIpc) is 4.24. The van der Waals surface area contributed by atoms with E-state index in [1.165, 1.54) is 74.1 Å². The summed E-state index contributed by atoms with van der Waals surface area (Å²) in [6.45, 7) is 10.4. The number of nitrogens with one attached hydrogen (secondary N) is 4. The zero-order valence-electron chi connectivity index (χ0n) is 42.0. The number of aromatic amines is 2. The number of amides is 4. The molecule has 4 amide bonds. The average molecular weight is 961 g/mol. The van der Waals surface area contributed by atoms with Gasteiger partial charge in [-0.15, -0.1) is 0 Å². The lowest BCUT2D eigenvalue weighted by Crippen LogP contribution is -2.51. The highest BCUT2D eigenvalue weighted by Gasteiger charge is 2.45. The Balaban J connectivity index is 0.000000409. The van der Waals surface area contributed by atoms with Crippen molar-refractivity contribution in [2.24, 2.45) is 17.8 Å². The first-order chi connectivity index (χ1) is 34.0. The van der Waals surface area contributed by atoms with E-state index in [0.29, 0.717) is 44.2 Å². The molecule has 1 saturated carbocycles. The fourth-order valence-corrected chi connectivity index (χ4v) is 11.5. The molecule has 5 aliphatic rings. The molecule has 0 bridgehead atoms. The summed E-state index contributed by atoms with van der Waals surface area (Å²) in [7, 11) is 4.32. The third-order valence-electron chi connectivity index (χ3n) is 15.0. The summed E-state index contributed by atoms with van der Waals surface area (Å²) in [5.74, 6) is 2.06. The predicted octanol–water partition coefficient (Wildman–Crippen LogP) is 9.19. The van der Waals surface area contributed by atoms with Crippen molar-refractivity contribution in [3.8, 4) is 22.4 Å². The van der Waals surface area contributed by atoms with Crippen LogP contribution in [-0.4, -0.2) is 120 Å². The number of ether oxygens (including phenoxy) is 4. The monoisotopic (exact) mass is 961 g/mol. The van der Waals surface area contributed by atoms with E-state index >= 15 is 0 Å². The third-order valence-corrected chi connectivity index (χ3v) is 15.0. The fourth-order valence-electron chi connectivity index (χ4n) is 11.5. The molecule has 7 atom stereocenters. The number of alkyl carbamates (subject to hydrolysis) is 2. The maximum absolute atomic E-state index is 14.0. The van der Waals surface area contributed by atoms with Crippen molar-refractivity contribution in [3.05, 3.63) is 71.4 Å². The number of aromatic nitrogens is 4. The summed E-state index contributed by atoms with van der Waals surface area (Å²) in [5.41, 5.74) is 9.22. The smallest absolute Gasteiger partial charge is 0.407 e. The van der Waals surface area contributed by atoms with Gasteiger partial charge in [0.15, 0.2) is 0 Å². The van der Waals surface area contributed by atoms with E-state index < -0.39 is 12.1 Å². The molecule has 16 nitrogen and oxygen atoms in total. The minimum Gasteiger partial charge on any atom is -0.453 e. The lowest BCUT2D eigenvalue weighted by Gasteiger charge is -2.30. The molecule has 10 rings (SSSR count). The van der Waals surface area contributed by atoms with Crippen LogP contribution in [0.5, 0.6) is 0 Å². The van der Waals surface area contributed by atoms with Crippen LogP contribution < -0.4 is 10.6 Å². The summed E-state index contributed by atoms with van der Waals surface area (Å²) in [6.07, 6.45) is 14.8. The van der Waals surface area contributed by atoms with Gasteiger partial charge in [0, 0.05) is 49.7 Å². The van der Waals surface area contributed by atoms with Crippen molar-refractivity contribution < 1.29 is 38.1 Å². The van der Waals surface area contributed by atoms with Crippen LogP contribution in [0.25, 0.3) is 44.2 Å². The standard InChI is InChI=1S/C44H51N7O5.C6H12O.C4H9NO2/c1-24(2)39(49-44(54)56-4)43(53)50-21-25(22-55-3)17-37(50)42-46-34-16-12-27-18-26(11-13-30(27)40(34)48-42)29-14-15-33(32-9-6-8-31(29)32)35-20-45-41(47-35)38-19-28-7-5-10-36(28)51(38)23-52;1-6-4-2-3-5-7-6;1-3-5-4(6)7-2/h11-16,18,20,23-25,28,36-39H,5-10,17,19,21-22H2,1-4H3,(H,45,47)(H,46,48)(H,49,54);6H,2-5H2,1H3;3H2,1-2H3,(H,5,6). The molecule has 7 unspecified atom stereocenters. The summed E-state index contributed by atoms with van der Waals surface area (Å²) in [5, 5.41) is 7.33. The molecule has 3 aromatic carbocycles. The highest BCUT2D eigenvalue weighted by atomic mass is 16.5. The maximum atomic E-state index is 14.0. The molecule has 3 aliphatic heterocycles. The van der Waals surface area contributed by atoms with Gasteiger partial charge in [0.05, 0.1) is 61.9 Å². The highest BCUT2D eigenvalue weighted by molar-refractivity contribution is 6.05. The van der Waals surface area contributed by atoms with Gasteiger partial charge in [0.2, 0.25) is 12.3 Å². The topological polar surface area (TPSA) is 193 Å². The second-order valence-corrected chi connectivity index (χ2v) is 19.9. The number of carbonyl (C=O) groups is 4. The SMILES string of the molecule is CC1CCCCO1.CCNC(=O)OC.COCC1CC(c2nc3c(ccc4cc(-c5ccc(-c6cnc(C7CC8CCCC8N7C=O)[nH]6)c6c5CCC6)ccc43)[nH]2)N(C(=O)C(NC(=O)OC)C(C)C)C1. The molecular weight excluding hydrogens is 889 g/mol. The van der Waals surface area contributed by atoms with E-state index in [2.05, 4.69) is 74.7 Å². The zero-order chi connectivity index (χ0) is 49.5. The van der Waals surface area contributed by atoms with Gasteiger partial charge in [-0.05, 0) is 130 Å². The molecule has 0 spiro atoms. The quantitative estimate of drug-likeness (QED) is 0.0928. The molecule has 5 heterocycles. The van der Waals surface area contributed by atoms with Crippen LogP contribution in [-0.2, 0) is 41.4 Å². The molecule has 2 aliphatic carbocycles. The number of fused-ring (bicyclic) bond motifs is 5. The number of rotatable bonds is 11. The fraction of sp³-hybridized carbons (Fsp3) is 0.556. The summed E-state index contributed by atoms with van der Waals surface area (Å²) in [4.78, 5) is 69.5. The predicted molar refractivity (Wildman–Crippen MR) is 269 cm³/mol. The number of H-pyrrole nitrogens is 2. The van der Waals surface area contributed by atoms with Gasteiger partial charge in [0.25, 0.3) is 0 Å². The molecule has 70 heavy (non-hydrogen) atoms. The van der Waals surface area contributed by atoms with Gasteiger partial charge >= 0.3 is 12.2 Å². The Hall–Kier alpha value is -6.00. The zero-order valence-corrected chi connectivity index (χ0v) is 42.0. The molecular formula is C54H72N8O8. The van der Waals surface area contributed by atoms with Crippen LogP contribution in [0.15, 0.2) is 48.7 Å². The summed E-state index contributed by atoms with van der Waals surface area (Å²) in [6, 6.07) is 14.7. The van der Waals surface area contributed by atoms with E-state index in [4.69, 9.17) is 24.2 Å². The number of carbonyl (C=O) groups excluding carboxylic acids is 4. The van der Waals surface area contributed by atoms with Crippen molar-refractivity contribution in [2.75, 3.05) is 47.6 Å². The molecule has 4 fully saturated rings. The van der Waals surface area contributed by atoms with Crippen LogP contribution in [0.4, 0.5) is 9.59 Å². The normalized spacial score (nSPS) is 23.0. The van der Waals surface area contributed by atoms with Crippen LogP contribution in [0, 0.1) is 17.8 Å². The first kappa shape index (κ1) is 50.4. The largest absolute Gasteiger partial charge is 0.453 e. The number of hydrogen-bond donors (Lipinski definition) is 4. The molecule has 16 heteroatoms. The Morgan fingerprint density at radius 1 is 0.886 bits per heavy atom. The molecule has 3 saturated heterocycles. The lowest BCUT2D eigenvalue weighted by molar-refractivity contribution is -0.135. The van der Waals surface area contributed by atoms with Gasteiger partial charge in [-0.1, -0.05) is 50.6 Å². The number of imidazole rings is 2. The van der Waals surface area contributed by atoms with Crippen molar-refractivity contribution in [1.82, 2.24) is 40.4 Å². The number of benzene rings is 3. The first-order valence-electron chi connectivity index (χ1n) is 25.4. The van der Waals surface area contributed by atoms with Crippen LogP contribution in [0.1, 0.15) is 120 Å². The maximum Gasteiger partial charge on any atom is 0.407 e.